The van der Waals surface area contributed by atoms with Gasteiger partial charge in [-0.3, -0.25) is 19.5 Å². The molecule has 1 aromatic carbocycles. The summed E-state index contributed by atoms with van der Waals surface area (Å²) in [5.74, 6) is 0.173. The van der Waals surface area contributed by atoms with Crippen LogP contribution < -0.4 is 20.7 Å². The molecule has 0 unspecified atom stereocenters. The van der Waals surface area contributed by atoms with Gasteiger partial charge in [0.25, 0.3) is 5.91 Å². The molecule has 11 nitrogen and oxygen atoms in total. The van der Waals surface area contributed by atoms with Crippen molar-refractivity contribution in [3.8, 4) is 28.4 Å². The Balaban J connectivity index is 1.17. The van der Waals surface area contributed by atoms with Crippen molar-refractivity contribution in [1.29, 1.82) is 0 Å². The molecule has 14 heteroatoms. The molecule has 4 N–H and O–H groups in total. The molecule has 4 aromatic rings. The van der Waals surface area contributed by atoms with Gasteiger partial charge >= 0.3 is 0 Å². The Morgan fingerprint density at radius 2 is 2.02 bits per heavy atom. The second-order valence-corrected chi connectivity index (χ2v) is 13.1. The molecular weight excluding hydrogens is 649 g/mol. The van der Waals surface area contributed by atoms with Crippen LogP contribution >= 0.6 is 34.5 Å². The van der Waals surface area contributed by atoms with Gasteiger partial charge in [0.2, 0.25) is 11.8 Å². The van der Waals surface area contributed by atoms with E-state index >= 15 is 0 Å². The summed E-state index contributed by atoms with van der Waals surface area (Å²) >= 11 is 15.1. The Hall–Kier alpha value is -3.65. The number of ether oxygens (including phenoxy) is 1. The highest BCUT2D eigenvalue weighted by Gasteiger charge is 2.23. The topological polar surface area (TPSA) is 142 Å². The zero-order valence-corrected chi connectivity index (χ0v) is 27.4. The van der Waals surface area contributed by atoms with Crippen molar-refractivity contribution in [2.75, 3.05) is 32.1 Å². The fourth-order valence-corrected chi connectivity index (χ4v) is 7.04. The molecule has 0 spiro atoms. The van der Waals surface area contributed by atoms with Crippen LogP contribution in [0.5, 0.6) is 5.88 Å². The van der Waals surface area contributed by atoms with Crippen LogP contribution in [0.25, 0.3) is 22.5 Å². The number of methoxy groups -OCH3 is 1. The SMILES string of the molecule is COc1nc(-c2ccnc(-c3cccc(NC(=O)c4ncc(CN5CC[C@H](O)C5)s4)c3Cl)c2Cl)ccc1CNC[C@@H]1CCC(=O)N1. The number of aromatic nitrogens is 3. The molecule has 0 bridgehead atoms. The number of anilines is 1. The van der Waals surface area contributed by atoms with Gasteiger partial charge in [-0.1, -0.05) is 41.4 Å². The van der Waals surface area contributed by atoms with Crippen molar-refractivity contribution >= 4 is 52.0 Å². The van der Waals surface area contributed by atoms with Crippen molar-refractivity contribution in [2.24, 2.45) is 0 Å². The molecule has 5 heterocycles. The van der Waals surface area contributed by atoms with E-state index in [1.54, 1.807) is 43.8 Å². The number of aliphatic hydroxyl groups excluding tert-OH is 1. The van der Waals surface area contributed by atoms with Gasteiger partial charge in [0.05, 0.1) is 40.3 Å². The predicted octanol–water partition coefficient (Wildman–Crippen LogP) is 4.77. The highest BCUT2D eigenvalue weighted by atomic mass is 35.5. The smallest absolute Gasteiger partial charge is 0.284 e. The van der Waals surface area contributed by atoms with Crippen LogP contribution in [0.15, 0.2) is 48.8 Å². The van der Waals surface area contributed by atoms with Crippen LogP contribution in [0, 0.1) is 0 Å². The van der Waals surface area contributed by atoms with Crippen LogP contribution in [-0.2, 0) is 17.9 Å². The minimum atomic E-state index is -0.372. The summed E-state index contributed by atoms with van der Waals surface area (Å²) in [6, 6.07) is 11.0. The number of amides is 2. The number of nitrogens with one attached hydrogen (secondary N) is 3. The summed E-state index contributed by atoms with van der Waals surface area (Å²) in [6.07, 6.45) is 5.16. The van der Waals surface area contributed by atoms with E-state index in [1.807, 2.05) is 12.1 Å². The average molecular weight is 683 g/mol. The Kier molecular flexibility index (Phi) is 10.1. The number of carbonyl (C=O) groups is 2. The van der Waals surface area contributed by atoms with Crippen LogP contribution in [-0.4, -0.2) is 75.7 Å². The minimum Gasteiger partial charge on any atom is -0.481 e. The molecular formula is C32H33Cl2N7O4S. The summed E-state index contributed by atoms with van der Waals surface area (Å²) in [4.78, 5) is 41.2. The summed E-state index contributed by atoms with van der Waals surface area (Å²) in [7, 11) is 1.57. The molecule has 2 aliphatic heterocycles. The predicted molar refractivity (Wildman–Crippen MR) is 178 cm³/mol. The van der Waals surface area contributed by atoms with Crippen molar-refractivity contribution in [3.63, 3.8) is 0 Å². The van der Waals surface area contributed by atoms with Crippen molar-refractivity contribution < 1.29 is 19.4 Å². The third-order valence-corrected chi connectivity index (χ3v) is 9.74. The van der Waals surface area contributed by atoms with Crippen LogP contribution in [0.3, 0.4) is 0 Å². The Morgan fingerprint density at radius 3 is 2.78 bits per heavy atom. The highest BCUT2D eigenvalue weighted by Crippen LogP contribution is 2.40. The number of hydrogen-bond donors (Lipinski definition) is 4. The molecule has 2 saturated heterocycles. The molecule has 0 radical (unpaired) electrons. The number of hydrogen-bond acceptors (Lipinski definition) is 10. The Bertz CT molecular complexity index is 1750. The zero-order valence-electron chi connectivity index (χ0n) is 25.1. The summed E-state index contributed by atoms with van der Waals surface area (Å²) in [6.45, 7) is 3.26. The maximum atomic E-state index is 13.1. The lowest BCUT2D eigenvalue weighted by atomic mass is 10.1. The monoisotopic (exact) mass is 681 g/mol. The van der Waals surface area contributed by atoms with Crippen LogP contribution in [0.1, 0.15) is 39.5 Å². The number of nitrogens with zero attached hydrogens (tertiary/aromatic N) is 4. The average Bonchev–Trinajstić information content (AvgIpc) is 3.80. The maximum absolute atomic E-state index is 13.1. The van der Waals surface area contributed by atoms with Gasteiger partial charge < -0.3 is 25.8 Å². The van der Waals surface area contributed by atoms with Crippen LogP contribution in [0.4, 0.5) is 5.69 Å². The second kappa shape index (κ2) is 14.4. The van der Waals surface area contributed by atoms with Gasteiger partial charge in [0.1, 0.15) is 0 Å². The van der Waals surface area contributed by atoms with Gasteiger partial charge in [0, 0.05) is 79.1 Å². The normalized spacial score (nSPS) is 18.1. The number of halogens is 2. The lowest BCUT2D eigenvalue weighted by Crippen LogP contribution is -2.35. The first-order valence-corrected chi connectivity index (χ1v) is 16.5. The minimum absolute atomic E-state index is 0.0857. The first kappa shape index (κ1) is 32.3. The largest absolute Gasteiger partial charge is 0.481 e. The molecule has 6 rings (SSSR count). The number of aliphatic hydroxyl groups is 1. The van der Waals surface area contributed by atoms with E-state index in [4.69, 9.17) is 32.9 Å². The maximum Gasteiger partial charge on any atom is 0.284 e. The Labute approximate surface area is 280 Å². The Morgan fingerprint density at radius 1 is 1.15 bits per heavy atom. The van der Waals surface area contributed by atoms with Gasteiger partial charge in [-0.05, 0) is 31.0 Å². The molecule has 0 aliphatic carbocycles. The number of likely N-dealkylation sites (tertiary alicyclic amines) is 1. The van der Waals surface area contributed by atoms with Crippen molar-refractivity contribution in [2.45, 2.75) is 44.5 Å². The number of thiazole rings is 1. The standard InChI is InChI=1S/C32H33Cl2N7O4S/c1-45-31-18(13-35-14-19-6-8-26(43)38-19)5-7-24(40-31)22-9-11-36-29(28(22)34)23-3-2-4-25(27(23)33)39-30(44)32-37-15-21(46-32)17-41-12-10-20(42)16-41/h2-5,7,9,11,15,19-20,35,42H,6,8,10,12-14,16-17H2,1H3,(H,38,43)(H,39,44)/t19-,20-/m0/s1. The molecule has 2 atom stereocenters. The molecule has 3 aromatic heterocycles. The lowest BCUT2D eigenvalue weighted by molar-refractivity contribution is -0.119. The van der Waals surface area contributed by atoms with E-state index in [0.717, 1.165) is 29.8 Å². The third kappa shape index (κ3) is 7.33. The number of pyridine rings is 2. The number of carbonyl (C=O) groups excluding carboxylic acids is 2. The van der Waals surface area contributed by atoms with E-state index < -0.39 is 0 Å². The quantitative estimate of drug-likeness (QED) is 0.176. The fraction of sp³-hybridized carbons (Fsp3) is 0.344. The summed E-state index contributed by atoms with van der Waals surface area (Å²) < 4.78 is 5.59. The van der Waals surface area contributed by atoms with Gasteiger partial charge in [-0.25, -0.2) is 9.97 Å². The third-order valence-electron chi connectivity index (χ3n) is 7.97. The molecule has 2 amide bonds. The van der Waals surface area contributed by atoms with E-state index in [2.05, 4.69) is 30.8 Å². The molecule has 46 heavy (non-hydrogen) atoms. The summed E-state index contributed by atoms with van der Waals surface area (Å²) in [5.41, 5.74) is 3.50. The molecule has 0 saturated carbocycles. The number of benzene rings is 1. The summed E-state index contributed by atoms with van der Waals surface area (Å²) in [5, 5.41) is 19.9. The lowest BCUT2D eigenvalue weighted by Gasteiger charge is -2.15. The molecule has 2 aliphatic rings. The van der Waals surface area contributed by atoms with Crippen molar-refractivity contribution in [3.05, 3.63) is 74.3 Å². The zero-order chi connectivity index (χ0) is 32.2. The van der Waals surface area contributed by atoms with E-state index in [-0.39, 0.29) is 29.0 Å². The van der Waals surface area contributed by atoms with E-state index in [9.17, 15) is 14.7 Å². The molecule has 2 fully saturated rings. The highest BCUT2D eigenvalue weighted by molar-refractivity contribution is 7.13. The number of β-amino-alcohol motifs (C(OH)–C–C–N with tert-alkyl or cyclic N) is 1. The van der Waals surface area contributed by atoms with Gasteiger partial charge in [0.15, 0.2) is 5.01 Å². The number of rotatable bonds is 11. The first-order valence-electron chi connectivity index (χ1n) is 14.9. The van der Waals surface area contributed by atoms with Crippen LogP contribution in [0.2, 0.25) is 10.0 Å². The first-order chi connectivity index (χ1) is 22.3. The van der Waals surface area contributed by atoms with E-state index in [1.165, 1.54) is 11.3 Å². The van der Waals surface area contributed by atoms with Crippen molar-refractivity contribution in [1.82, 2.24) is 30.5 Å². The van der Waals surface area contributed by atoms with E-state index in [0.29, 0.717) is 76.7 Å². The molecule has 240 valence electrons. The van der Waals surface area contributed by atoms with Gasteiger partial charge in [-0.15, -0.1) is 11.3 Å². The second-order valence-electron chi connectivity index (χ2n) is 11.3. The van der Waals surface area contributed by atoms with Gasteiger partial charge in [-0.2, -0.15) is 0 Å². The fourth-order valence-electron chi connectivity index (χ4n) is 5.62.